The number of rotatable bonds is 10. The highest BCUT2D eigenvalue weighted by atomic mass is 127. The van der Waals surface area contributed by atoms with Crippen molar-refractivity contribution in [3.63, 3.8) is 0 Å². The Bertz CT molecular complexity index is 810. The second-order valence-electron chi connectivity index (χ2n) is 6.40. The Labute approximate surface area is 189 Å². The molecule has 2 N–H and O–H groups in total. The lowest BCUT2D eigenvalue weighted by molar-refractivity contribution is 0.213. The van der Waals surface area contributed by atoms with Gasteiger partial charge in [0, 0.05) is 32.4 Å². The topological polar surface area (TPSA) is 76.9 Å². The summed E-state index contributed by atoms with van der Waals surface area (Å²) < 4.78 is 13.0. The molecule has 1 aromatic carbocycles. The van der Waals surface area contributed by atoms with Crippen LogP contribution in [0.5, 0.6) is 11.5 Å². The average Bonchev–Trinajstić information content (AvgIpc) is 2.71. The molecule has 0 bridgehead atoms. The summed E-state index contributed by atoms with van der Waals surface area (Å²) in [5.41, 5.74) is 0.0389. The first kappa shape index (κ1) is 24.8. The van der Waals surface area contributed by atoms with Crippen molar-refractivity contribution in [3.05, 3.63) is 59.0 Å². The predicted octanol–water partition coefficient (Wildman–Crippen LogP) is 2.89. The number of guanidine groups is 1. The van der Waals surface area contributed by atoms with Crippen LogP contribution >= 0.6 is 24.0 Å². The highest BCUT2D eigenvalue weighted by molar-refractivity contribution is 14.0. The zero-order valence-electron chi connectivity index (χ0n) is 17.3. The van der Waals surface area contributed by atoms with Gasteiger partial charge in [0.25, 0.3) is 0 Å². The Kier molecular flexibility index (Phi) is 11.9. The van der Waals surface area contributed by atoms with E-state index >= 15 is 0 Å². The summed E-state index contributed by atoms with van der Waals surface area (Å²) in [6.45, 7) is 4.10. The second kappa shape index (κ2) is 13.9. The number of aliphatic imine (C=N–C) groups is 1. The number of methoxy groups -OCH3 is 1. The quantitative estimate of drug-likeness (QED) is 0.221. The van der Waals surface area contributed by atoms with Crippen LogP contribution in [0.1, 0.15) is 19.8 Å². The van der Waals surface area contributed by atoms with Crippen molar-refractivity contribution in [2.75, 3.05) is 27.2 Å². The van der Waals surface area contributed by atoms with E-state index in [1.165, 1.54) is 0 Å². The first-order valence-corrected chi connectivity index (χ1v) is 9.53. The standard InChI is InChI=1S/C21H30N4O3.HI/c1-17(28-19-11-5-4-10-18(19)27-3)16-24-21(22-2)23-13-7-9-15-25-14-8-6-12-20(25)26;/h4-6,8,10-12,14,17H,7,9,13,15-16H2,1-3H3,(H2,22,23,24);1H. The molecule has 0 aliphatic heterocycles. The zero-order valence-corrected chi connectivity index (χ0v) is 19.6. The molecule has 0 saturated heterocycles. The normalized spacial score (nSPS) is 11.9. The SMILES string of the molecule is CN=C(NCCCCn1ccccc1=O)NCC(C)Oc1ccccc1OC.I. The largest absolute Gasteiger partial charge is 0.493 e. The number of nitrogens with zero attached hydrogens (tertiary/aromatic N) is 2. The first-order chi connectivity index (χ1) is 13.6. The minimum atomic E-state index is -0.0557. The van der Waals surface area contributed by atoms with E-state index in [2.05, 4.69) is 15.6 Å². The highest BCUT2D eigenvalue weighted by Gasteiger charge is 2.09. The minimum absolute atomic E-state index is 0. The van der Waals surface area contributed by atoms with Crippen LogP contribution in [0.4, 0.5) is 0 Å². The summed E-state index contributed by atoms with van der Waals surface area (Å²) in [5, 5.41) is 6.55. The van der Waals surface area contributed by atoms with Crippen molar-refractivity contribution in [1.29, 1.82) is 0 Å². The van der Waals surface area contributed by atoms with Crippen LogP contribution in [0, 0.1) is 0 Å². The van der Waals surface area contributed by atoms with E-state index in [4.69, 9.17) is 9.47 Å². The number of hydrogen-bond acceptors (Lipinski definition) is 4. The molecule has 2 aromatic rings. The van der Waals surface area contributed by atoms with Crippen LogP contribution in [-0.4, -0.2) is 43.9 Å². The number of aryl methyl sites for hydroxylation is 1. The molecule has 1 atom stereocenters. The van der Waals surface area contributed by atoms with Gasteiger partial charge in [0.05, 0.1) is 13.7 Å². The molecule has 7 nitrogen and oxygen atoms in total. The third-order valence-corrected chi connectivity index (χ3v) is 4.20. The van der Waals surface area contributed by atoms with E-state index in [1.807, 2.05) is 43.5 Å². The van der Waals surface area contributed by atoms with E-state index in [1.54, 1.807) is 30.9 Å². The maximum Gasteiger partial charge on any atom is 0.250 e. The van der Waals surface area contributed by atoms with E-state index in [-0.39, 0.29) is 35.6 Å². The fourth-order valence-electron chi connectivity index (χ4n) is 2.69. The summed E-state index contributed by atoms with van der Waals surface area (Å²) in [7, 11) is 3.37. The number of hydrogen-bond donors (Lipinski definition) is 2. The Morgan fingerprint density at radius 2 is 1.83 bits per heavy atom. The van der Waals surface area contributed by atoms with Gasteiger partial charge in [0.15, 0.2) is 17.5 Å². The van der Waals surface area contributed by atoms with E-state index in [9.17, 15) is 4.79 Å². The first-order valence-electron chi connectivity index (χ1n) is 9.53. The molecule has 0 fully saturated rings. The van der Waals surface area contributed by atoms with Crippen LogP contribution in [-0.2, 0) is 6.54 Å². The number of benzene rings is 1. The zero-order chi connectivity index (χ0) is 20.2. The van der Waals surface area contributed by atoms with Crippen LogP contribution < -0.4 is 25.7 Å². The minimum Gasteiger partial charge on any atom is -0.493 e. The van der Waals surface area contributed by atoms with Gasteiger partial charge in [-0.05, 0) is 38.0 Å². The van der Waals surface area contributed by atoms with Gasteiger partial charge < -0.3 is 24.7 Å². The molecule has 2 rings (SSSR count). The van der Waals surface area contributed by atoms with Crippen molar-refractivity contribution in [1.82, 2.24) is 15.2 Å². The average molecular weight is 514 g/mol. The molecule has 0 radical (unpaired) electrons. The molecule has 1 heterocycles. The predicted molar refractivity (Wildman–Crippen MR) is 128 cm³/mol. The van der Waals surface area contributed by atoms with Gasteiger partial charge in [-0.1, -0.05) is 18.2 Å². The van der Waals surface area contributed by atoms with E-state index < -0.39 is 0 Å². The molecule has 0 amide bonds. The Morgan fingerprint density at radius 1 is 1.10 bits per heavy atom. The fourth-order valence-corrected chi connectivity index (χ4v) is 2.69. The van der Waals surface area contributed by atoms with E-state index in [0.29, 0.717) is 6.54 Å². The van der Waals surface area contributed by atoms with Crippen LogP contribution in [0.25, 0.3) is 0 Å². The maximum atomic E-state index is 11.7. The van der Waals surface area contributed by atoms with Crippen molar-refractivity contribution >= 4 is 29.9 Å². The molecule has 29 heavy (non-hydrogen) atoms. The van der Waals surface area contributed by atoms with Gasteiger partial charge in [-0.3, -0.25) is 9.79 Å². The third kappa shape index (κ3) is 8.76. The molecule has 8 heteroatoms. The number of halogens is 1. The van der Waals surface area contributed by atoms with Gasteiger partial charge in [-0.15, -0.1) is 24.0 Å². The number of unbranched alkanes of at least 4 members (excludes halogenated alkanes) is 1. The number of ether oxygens (including phenoxy) is 2. The Balaban J connectivity index is 0.00000420. The smallest absolute Gasteiger partial charge is 0.250 e. The molecule has 0 spiro atoms. The maximum absolute atomic E-state index is 11.7. The second-order valence-corrected chi connectivity index (χ2v) is 6.40. The van der Waals surface area contributed by atoms with Gasteiger partial charge >= 0.3 is 0 Å². The van der Waals surface area contributed by atoms with Crippen LogP contribution in [0.3, 0.4) is 0 Å². The summed E-state index contributed by atoms with van der Waals surface area (Å²) in [6.07, 6.45) is 3.62. The molecular formula is C21H31IN4O3. The fraction of sp³-hybridized carbons (Fsp3) is 0.429. The third-order valence-electron chi connectivity index (χ3n) is 4.20. The highest BCUT2D eigenvalue weighted by Crippen LogP contribution is 2.26. The summed E-state index contributed by atoms with van der Waals surface area (Å²) in [4.78, 5) is 15.9. The number of pyridine rings is 1. The molecule has 0 aliphatic rings. The lowest BCUT2D eigenvalue weighted by atomic mass is 10.3. The van der Waals surface area contributed by atoms with E-state index in [0.717, 1.165) is 43.4 Å². The van der Waals surface area contributed by atoms with Crippen molar-refractivity contribution in [3.8, 4) is 11.5 Å². The van der Waals surface area contributed by atoms with Crippen molar-refractivity contribution in [2.45, 2.75) is 32.4 Å². The van der Waals surface area contributed by atoms with Crippen molar-refractivity contribution < 1.29 is 9.47 Å². The number of para-hydroxylation sites is 2. The number of nitrogens with one attached hydrogen (secondary N) is 2. The molecular weight excluding hydrogens is 483 g/mol. The lowest BCUT2D eigenvalue weighted by Gasteiger charge is -2.19. The molecule has 1 unspecified atom stereocenters. The molecule has 0 saturated carbocycles. The van der Waals surface area contributed by atoms with Crippen molar-refractivity contribution in [2.24, 2.45) is 4.99 Å². The van der Waals surface area contributed by atoms with Gasteiger partial charge in [0.2, 0.25) is 5.56 Å². The van der Waals surface area contributed by atoms with Gasteiger partial charge in [-0.25, -0.2) is 0 Å². The number of aromatic nitrogens is 1. The lowest BCUT2D eigenvalue weighted by Crippen LogP contribution is -2.42. The Morgan fingerprint density at radius 3 is 2.52 bits per heavy atom. The molecule has 0 aliphatic carbocycles. The van der Waals surface area contributed by atoms with Gasteiger partial charge in [0.1, 0.15) is 6.10 Å². The van der Waals surface area contributed by atoms with Crippen LogP contribution in [0.2, 0.25) is 0 Å². The van der Waals surface area contributed by atoms with Crippen LogP contribution in [0.15, 0.2) is 58.4 Å². The Hall–Kier alpha value is -2.23. The summed E-state index contributed by atoms with van der Waals surface area (Å²) in [5.74, 6) is 2.17. The molecule has 1 aromatic heterocycles. The van der Waals surface area contributed by atoms with Gasteiger partial charge in [-0.2, -0.15) is 0 Å². The summed E-state index contributed by atoms with van der Waals surface area (Å²) >= 11 is 0. The molecule has 160 valence electrons. The monoisotopic (exact) mass is 514 g/mol. The summed E-state index contributed by atoms with van der Waals surface area (Å²) in [6, 6.07) is 12.8.